The van der Waals surface area contributed by atoms with Crippen LogP contribution in [0.5, 0.6) is 0 Å². The Morgan fingerprint density at radius 2 is 1.77 bits per heavy atom. The van der Waals surface area contributed by atoms with E-state index in [2.05, 4.69) is 15.3 Å². The fraction of sp³-hybridized carbons (Fsp3) is 0. The van der Waals surface area contributed by atoms with Gasteiger partial charge in [-0.15, -0.1) is 0 Å². The van der Waals surface area contributed by atoms with Crippen molar-refractivity contribution >= 4 is 38.2 Å². The van der Waals surface area contributed by atoms with Crippen LogP contribution in [0.15, 0.2) is 46.1 Å². The molecule has 0 amide bonds. The zero-order chi connectivity index (χ0) is 15.9. The highest BCUT2D eigenvalue weighted by Gasteiger charge is 2.16. The second kappa shape index (κ2) is 4.90. The van der Waals surface area contributed by atoms with Crippen molar-refractivity contribution in [2.24, 2.45) is 0 Å². The number of nitrogen functional groups attached to an aromatic ring is 1. The Kier molecular flexibility index (Phi) is 3.15. The Balaban J connectivity index is 2.06. The van der Waals surface area contributed by atoms with Crippen molar-refractivity contribution in [3.63, 3.8) is 0 Å². The molecule has 114 valence electrons. The van der Waals surface area contributed by atoms with E-state index in [1.807, 2.05) is 0 Å². The summed E-state index contributed by atoms with van der Waals surface area (Å²) in [5, 5.41) is 2.88. The topological polar surface area (TPSA) is 141 Å². The van der Waals surface area contributed by atoms with Gasteiger partial charge in [-0.2, -0.15) is 8.42 Å². The van der Waals surface area contributed by atoms with Gasteiger partial charge in [0.1, 0.15) is 4.90 Å². The largest absolute Gasteiger partial charge is 0.399 e. The maximum atomic E-state index is 11.4. The molecule has 0 fully saturated rings. The molecule has 0 spiro atoms. The van der Waals surface area contributed by atoms with Crippen LogP contribution in [0.2, 0.25) is 0 Å². The number of rotatable bonds is 3. The maximum absolute atomic E-state index is 11.4. The Morgan fingerprint density at radius 3 is 2.50 bits per heavy atom. The van der Waals surface area contributed by atoms with Crippen LogP contribution in [-0.4, -0.2) is 22.9 Å². The van der Waals surface area contributed by atoms with Crippen molar-refractivity contribution < 1.29 is 13.0 Å². The molecule has 0 unspecified atom stereocenters. The normalized spacial score (nSPS) is 11.7. The fourth-order valence-electron chi connectivity index (χ4n) is 2.12. The number of anilines is 3. The number of benzene rings is 2. The third-order valence-corrected chi connectivity index (χ3v) is 3.97. The average Bonchev–Trinajstić information content (AvgIpc) is 2.79. The highest BCUT2D eigenvalue weighted by atomic mass is 32.2. The third kappa shape index (κ3) is 2.67. The first kappa shape index (κ1) is 14.2. The molecule has 0 saturated carbocycles. The van der Waals surface area contributed by atoms with Gasteiger partial charge < -0.3 is 21.0 Å². The van der Waals surface area contributed by atoms with Crippen LogP contribution in [0.3, 0.4) is 0 Å². The van der Waals surface area contributed by atoms with Crippen LogP contribution in [0, 0.1) is 0 Å². The summed E-state index contributed by atoms with van der Waals surface area (Å²) in [6.07, 6.45) is 0. The molecule has 0 bridgehead atoms. The SMILES string of the molecule is Nc1ccc(Nc2ccc3[nH]c(=O)[nH]c3c2)c(S(=O)(=O)O)c1. The molecule has 3 rings (SSSR count). The number of imidazole rings is 1. The molecule has 1 aromatic heterocycles. The Labute approximate surface area is 124 Å². The number of hydrogen-bond acceptors (Lipinski definition) is 5. The number of fused-ring (bicyclic) bond motifs is 1. The van der Waals surface area contributed by atoms with E-state index in [0.717, 1.165) is 6.07 Å². The van der Waals surface area contributed by atoms with Gasteiger partial charge in [0.15, 0.2) is 0 Å². The van der Waals surface area contributed by atoms with E-state index in [0.29, 0.717) is 16.7 Å². The molecule has 2 aromatic carbocycles. The summed E-state index contributed by atoms with van der Waals surface area (Å²) in [5.41, 5.74) is 7.33. The van der Waals surface area contributed by atoms with E-state index < -0.39 is 10.1 Å². The van der Waals surface area contributed by atoms with Gasteiger partial charge >= 0.3 is 5.69 Å². The van der Waals surface area contributed by atoms with Crippen LogP contribution >= 0.6 is 0 Å². The zero-order valence-corrected chi connectivity index (χ0v) is 11.9. The Hall–Kier alpha value is -2.78. The first-order valence-electron chi connectivity index (χ1n) is 6.19. The summed E-state index contributed by atoms with van der Waals surface area (Å²) in [6, 6.07) is 9.08. The highest BCUT2D eigenvalue weighted by Crippen LogP contribution is 2.27. The van der Waals surface area contributed by atoms with Gasteiger partial charge in [0.2, 0.25) is 0 Å². The van der Waals surface area contributed by atoms with Crippen molar-refractivity contribution in [2.45, 2.75) is 4.90 Å². The summed E-state index contributed by atoms with van der Waals surface area (Å²) < 4.78 is 32.1. The van der Waals surface area contributed by atoms with E-state index in [4.69, 9.17) is 5.73 Å². The van der Waals surface area contributed by atoms with Gasteiger partial charge in [-0.25, -0.2) is 4.79 Å². The van der Waals surface area contributed by atoms with Crippen molar-refractivity contribution in [1.29, 1.82) is 0 Å². The van der Waals surface area contributed by atoms with E-state index in [9.17, 15) is 17.8 Å². The van der Waals surface area contributed by atoms with E-state index in [1.54, 1.807) is 18.2 Å². The van der Waals surface area contributed by atoms with Gasteiger partial charge in [-0.1, -0.05) is 0 Å². The lowest BCUT2D eigenvalue weighted by atomic mass is 10.2. The molecule has 0 aliphatic rings. The lowest BCUT2D eigenvalue weighted by Crippen LogP contribution is -2.04. The van der Waals surface area contributed by atoms with Gasteiger partial charge in [0.05, 0.1) is 16.7 Å². The molecule has 0 atom stereocenters. The lowest BCUT2D eigenvalue weighted by Gasteiger charge is -2.11. The van der Waals surface area contributed by atoms with Gasteiger partial charge in [0, 0.05) is 11.4 Å². The summed E-state index contributed by atoms with van der Waals surface area (Å²) in [6.45, 7) is 0. The standard InChI is InChI=1S/C13H12N4O4S/c14-7-1-3-10(12(5-7)22(19,20)21)15-8-2-4-9-11(6-8)17-13(18)16-9/h1-6,15H,14H2,(H2,16,17,18)(H,19,20,21). The first-order valence-corrected chi connectivity index (χ1v) is 7.63. The Morgan fingerprint density at radius 1 is 1.05 bits per heavy atom. The number of H-pyrrole nitrogens is 2. The molecule has 1 heterocycles. The number of aromatic amines is 2. The first-order chi connectivity index (χ1) is 10.3. The summed E-state index contributed by atoms with van der Waals surface area (Å²) in [7, 11) is -4.42. The van der Waals surface area contributed by atoms with Crippen LogP contribution in [0.4, 0.5) is 17.1 Å². The van der Waals surface area contributed by atoms with Crippen molar-refractivity contribution in [3.05, 3.63) is 46.9 Å². The third-order valence-electron chi connectivity index (χ3n) is 3.08. The van der Waals surface area contributed by atoms with Gasteiger partial charge in [-0.05, 0) is 36.4 Å². The molecule has 9 heteroatoms. The molecule has 8 nitrogen and oxygen atoms in total. The molecule has 0 aliphatic carbocycles. The smallest absolute Gasteiger partial charge is 0.323 e. The van der Waals surface area contributed by atoms with Crippen LogP contribution < -0.4 is 16.7 Å². The summed E-state index contributed by atoms with van der Waals surface area (Å²) in [5.74, 6) is 0. The second-order valence-corrected chi connectivity index (χ2v) is 6.09. The number of nitrogens with two attached hydrogens (primary N) is 1. The summed E-state index contributed by atoms with van der Waals surface area (Å²) in [4.78, 5) is 16.1. The molecule has 0 saturated heterocycles. The number of nitrogens with one attached hydrogen (secondary N) is 3. The minimum Gasteiger partial charge on any atom is -0.399 e. The molecular formula is C13H12N4O4S. The van der Waals surface area contributed by atoms with E-state index in [-0.39, 0.29) is 22.0 Å². The van der Waals surface area contributed by atoms with Gasteiger partial charge in [-0.3, -0.25) is 4.55 Å². The van der Waals surface area contributed by atoms with Crippen molar-refractivity contribution in [3.8, 4) is 0 Å². The second-order valence-electron chi connectivity index (χ2n) is 4.70. The van der Waals surface area contributed by atoms with Gasteiger partial charge in [0.25, 0.3) is 10.1 Å². The minimum absolute atomic E-state index is 0.175. The number of aromatic nitrogens is 2. The molecule has 0 radical (unpaired) electrons. The van der Waals surface area contributed by atoms with Crippen molar-refractivity contribution in [1.82, 2.24) is 9.97 Å². The molecule has 6 N–H and O–H groups in total. The maximum Gasteiger partial charge on any atom is 0.323 e. The quantitative estimate of drug-likeness (QED) is 0.365. The molecule has 0 aliphatic heterocycles. The summed E-state index contributed by atoms with van der Waals surface area (Å²) >= 11 is 0. The molecule has 3 aromatic rings. The predicted molar refractivity (Wildman–Crippen MR) is 82.9 cm³/mol. The average molecular weight is 320 g/mol. The van der Waals surface area contributed by atoms with E-state index in [1.165, 1.54) is 12.1 Å². The van der Waals surface area contributed by atoms with E-state index >= 15 is 0 Å². The lowest BCUT2D eigenvalue weighted by molar-refractivity contribution is 0.483. The number of hydrogen-bond donors (Lipinski definition) is 5. The monoisotopic (exact) mass is 320 g/mol. The van der Waals surface area contributed by atoms with Crippen LogP contribution in [0.1, 0.15) is 0 Å². The van der Waals surface area contributed by atoms with Crippen LogP contribution in [-0.2, 0) is 10.1 Å². The predicted octanol–water partition coefficient (Wildman–Crippen LogP) is 1.43. The Bertz CT molecular complexity index is 1020. The molecular weight excluding hydrogens is 308 g/mol. The van der Waals surface area contributed by atoms with Crippen LogP contribution in [0.25, 0.3) is 11.0 Å². The highest BCUT2D eigenvalue weighted by molar-refractivity contribution is 7.86. The fourth-order valence-corrected chi connectivity index (χ4v) is 2.80. The zero-order valence-electron chi connectivity index (χ0n) is 11.1. The minimum atomic E-state index is -4.42. The van der Waals surface area contributed by atoms with Crippen molar-refractivity contribution in [2.75, 3.05) is 11.1 Å². The molecule has 22 heavy (non-hydrogen) atoms.